The molecule has 2 aromatic heterocycles. The average Bonchev–Trinajstić information content (AvgIpc) is 2.22. The van der Waals surface area contributed by atoms with Crippen molar-refractivity contribution in [2.24, 2.45) is 0 Å². The lowest BCUT2D eigenvalue weighted by Gasteiger charge is -2.04. The molecule has 2 aromatic rings. The summed E-state index contributed by atoms with van der Waals surface area (Å²) in [4.78, 5) is 16.1. The minimum atomic E-state index is 0.204. The molecule has 0 aliphatic heterocycles. The zero-order valence-electron chi connectivity index (χ0n) is 9.08. The molecular weight excluding hydrogens is 238 g/mol. The monoisotopic (exact) mass is 249 g/mol. The fourth-order valence-corrected chi connectivity index (χ4v) is 1.96. The summed E-state index contributed by atoms with van der Waals surface area (Å²) >= 11 is 1.24. The zero-order valence-corrected chi connectivity index (χ0v) is 9.90. The van der Waals surface area contributed by atoms with Gasteiger partial charge in [0.25, 0.3) is 0 Å². The van der Waals surface area contributed by atoms with Crippen LogP contribution in [-0.4, -0.2) is 19.9 Å². The van der Waals surface area contributed by atoms with Gasteiger partial charge in [-0.2, -0.15) is 0 Å². The van der Waals surface area contributed by atoms with Gasteiger partial charge in [-0.15, -0.1) is 0 Å². The van der Waals surface area contributed by atoms with E-state index in [1.54, 1.807) is 6.20 Å². The second-order valence-corrected chi connectivity index (χ2v) is 4.27. The molecule has 0 bridgehead atoms. The quantitative estimate of drug-likeness (QED) is 0.517. The standard InChI is InChI=1S/C9H11N7S/c1-4-3-13-8(12)16-7(4)17-9-14-5(10)2-6(11)15-9/h2-3H,1H3,(H2,12,13,16)(H4,10,11,14,15). The Bertz CT molecular complexity index is 537. The topological polar surface area (TPSA) is 130 Å². The van der Waals surface area contributed by atoms with Crippen LogP contribution in [0.3, 0.4) is 0 Å². The summed E-state index contributed by atoms with van der Waals surface area (Å²) in [6.45, 7) is 1.87. The molecule has 7 nitrogen and oxygen atoms in total. The van der Waals surface area contributed by atoms with Gasteiger partial charge in [0.2, 0.25) is 5.95 Å². The number of hydrogen-bond acceptors (Lipinski definition) is 8. The van der Waals surface area contributed by atoms with E-state index in [1.807, 2.05) is 6.92 Å². The van der Waals surface area contributed by atoms with Crippen LogP contribution < -0.4 is 17.2 Å². The van der Waals surface area contributed by atoms with Crippen molar-refractivity contribution in [1.29, 1.82) is 0 Å². The van der Waals surface area contributed by atoms with Crippen LogP contribution in [0.5, 0.6) is 0 Å². The summed E-state index contributed by atoms with van der Waals surface area (Å²) in [5, 5.41) is 1.12. The van der Waals surface area contributed by atoms with Crippen LogP contribution in [0.2, 0.25) is 0 Å². The maximum atomic E-state index is 5.58. The van der Waals surface area contributed by atoms with Crippen molar-refractivity contribution >= 4 is 29.3 Å². The average molecular weight is 249 g/mol. The number of nitrogen functional groups attached to an aromatic ring is 3. The number of aromatic nitrogens is 4. The molecule has 17 heavy (non-hydrogen) atoms. The van der Waals surface area contributed by atoms with E-state index in [4.69, 9.17) is 17.2 Å². The van der Waals surface area contributed by atoms with Gasteiger partial charge in [-0.25, -0.2) is 19.9 Å². The van der Waals surface area contributed by atoms with Gasteiger partial charge in [0, 0.05) is 17.8 Å². The van der Waals surface area contributed by atoms with E-state index in [1.165, 1.54) is 17.8 Å². The first kappa shape index (κ1) is 11.4. The third-order valence-electron chi connectivity index (χ3n) is 1.88. The lowest BCUT2D eigenvalue weighted by Crippen LogP contribution is -2.01. The molecule has 0 unspecified atom stereocenters. The molecule has 0 aromatic carbocycles. The Morgan fingerprint density at radius 1 is 1.06 bits per heavy atom. The van der Waals surface area contributed by atoms with Crippen LogP contribution in [0.1, 0.15) is 5.56 Å². The van der Waals surface area contributed by atoms with Gasteiger partial charge in [0.05, 0.1) is 0 Å². The molecule has 88 valence electrons. The molecule has 0 saturated carbocycles. The summed E-state index contributed by atoms with van der Waals surface area (Å²) in [5.74, 6) is 0.842. The van der Waals surface area contributed by atoms with Gasteiger partial charge in [-0.3, -0.25) is 0 Å². The van der Waals surface area contributed by atoms with Crippen LogP contribution in [0.4, 0.5) is 17.6 Å². The number of anilines is 3. The van der Waals surface area contributed by atoms with Gasteiger partial charge in [-0.05, 0) is 18.7 Å². The summed E-state index contributed by atoms with van der Waals surface area (Å²) in [5.41, 5.74) is 17.6. The third-order valence-corrected chi connectivity index (χ3v) is 2.85. The smallest absolute Gasteiger partial charge is 0.221 e. The van der Waals surface area contributed by atoms with E-state index < -0.39 is 0 Å². The fraction of sp³-hybridized carbons (Fsp3) is 0.111. The lowest BCUT2D eigenvalue weighted by atomic mass is 10.4. The molecule has 2 heterocycles. The third kappa shape index (κ3) is 2.72. The number of hydrogen-bond donors (Lipinski definition) is 3. The molecular formula is C9H11N7S. The van der Waals surface area contributed by atoms with E-state index in [2.05, 4.69) is 19.9 Å². The van der Waals surface area contributed by atoms with Gasteiger partial charge in [-0.1, -0.05) is 0 Å². The minimum Gasteiger partial charge on any atom is -0.383 e. The Kier molecular flexibility index (Phi) is 2.96. The van der Waals surface area contributed by atoms with Gasteiger partial charge in [0.15, 0.2) is 5.16 Å². The molecule has 0 aliphatic carbocycles. The van der Waals surface area contributed by atoms with Crippen LogP contribution in [0.25, 0.3) is 0 Å². The van der Waals surface area contributed by atoms with E-state index in [9.17, 15) is 0 Å². The predicted molar refractivity (Wildman–Crippen MR) is 66.2 cm³/mol. The molecule has 0 amide bonds. The number of aryl methyl sites for hydroxylation is 1. The Balaban J connectivity index is 2.34. The molecule has 0 atom stereocenters. The first-order valence-electron chi connectivity index (χ1n) is 4.71. The molecule has 0 saturated heterocycles. The number of nitrogens with zero attached hydrogens (tertiary/aromatic N) is 4. The van der Waals surface area contributed by atoms with Crippen molar-refractivity contribution in [3.05, 3.63) is 17.8 Å². The second kappa shape index (κ2) is 4.42. The maximum Gasteiger partial charge on any atom is 0.221 e. The number of rotatable bonds is 2. The highest BCUT2D eigenvalue weighted by molar-refractivity contribution is 7.99. The highest BCUT2D eigenvalue weighted by Crippen LogP contribution is 2.26. The Morgan fingerprint density at radius 3 is 2.35 bits per heavy atom. The molecule has 0 fully saturated rings. The maximum absolute atomic E-state index is 5.58. The second-order valence-electron chi connectivity index (χ2n) is 3.32. The Labute approximate surface area is 102 Å². The SMILES string of the molecule is Cc1cnc(N)nc1Sc1nc(N)cc(N)n1. The van der Waals surface area contributed by atoms with Crippen molar-refractivity contribution in [3.8, 4) is 0 Å². The first-order chi connectivity index (χ1) is 8.04. The minimum absolute atomic E-state index is 0.204. The number of nitrogens with two attached hydrogens (primary N) is 3. The summed E-state index contributed by atoms with van der Waals surface area (Å²) in [6.07, 6.45) is 1.64. The van der Waals surface area contributed by atoms with Crippen molar-refractivity contribution < 1.29 is 0 Å². The first-order valence-corrected chi connectivity index (χ1v) is 5.53. The van der Waals surface area contributed by atoms with Crippen LogP contribution in [-0.2, 0) is 0 Å². The van der Waals surface area contributed by atoms with Gasteiger partial charge in [0.1, 0.15) is 16.7 Å². The highest BCUT2D eigenvalue weighted by Gasteiger charge is 2.08. The van der Waals surface area contributed by atoms with Crippen LogP contribution in [0, 0.1) is 6.92 Å². The van der Waals surface area contributed by atoms with Gasteiger partial charge >= 0.3 is 0 Å². The van der Waals surface area contributed by atoms with E-state index >= 15 is 0 Å². The Hall–Kier alpha value is -2.09. The molecule has 0 aliphatic rings. The predicted octanol–water partition coefficient (Wildman–Crippen LogP) is 0.473. The fourth-order valence-electron chi connectivity index (χ4n) is 1.14. The molecule has 8 heteroatoms. The molecule has 0 radical (unpaired) electrons. The van der Waals surface area contributed by atoms with E-state index in [0.717, 1.165) is 5.56 Å². The summed E-state index contributed by atoms with van der Waals surface area (Å²) in [7, 11) is 0. The van der Waals surface area contributed by atoms with Crippen molar-refractivity contribution in [2.45, 2.75) is 17.1 Å². The van der Waals surface area contributed by atoms with Crippen LogP contribution >= 0.6 is 11.8 Å². The zero-order chi connectivity index (χ0) is 12.4. The molecule has 6 N–H and O–H groups in total. The normalized spacial score (nSPS) is 10.4. The van der Waals surface area contributed by atoms with Crippen molar-refractivity contribution in [3.63, 3.8) is 0 Å². The van der Waals surface area contributed by atoms with Crippen molar-refractivity contribution in [2.75, 3.05) is 17.2 Å². The Morgan fingerprint density at radius 2 is 1.71 bits per heavy atom. The van der Waals surface area contributed by atoms with Gasteiger partial charge < -0.3 is 17.2 Å². The summed E-state index contributed by atoms with van der Waals surface area (Å²) < 4.78 is 0. The van der Waals surface area contributed by atoms with Crippen molar-refractivity contribution in [1.82, 2.24) is 19.9 Å². The summed E-state index contributed by atoms with van der Waals surface area (Å²) in [6, 6.07) is 1.49. The van der Waals surface area contributed by atoms with Crippen LogP contribution in [0.15, 0.2) is 22.4 Å². The molecule has 2 rings (SSSR count). The van der Waals surface area contributed by atoms with E-state index in [-0.39, 0.29) is 5.95 Å². The highest BCUT2D eigenvalue weighted by atomic mass is 32.2. The lowest BCUT2D eigenvalue weighted by molar-refractivity contribution is 0.963. The molecule has 0 spiro atoms. The van der Waals surface area contributed by atoms with E-state index in [0.29, 0.717) is 21.8 Å². The largest absolute Gasteiger partial charge is 0.383 e.